The van der Waals surface area contributed by atoms with E-state index in [4.69, 9.17) is 5.73 Å². The quantitative estimate of drug-likeness (QED) is 0.885. The molecule has 0 unspecified atom stereocenters. The van der Waals surface area contributed by atoms with Gasteiger partial charge < -0.3 is 11.1 Å². The molecule has 0 bridgehead atoms. The second-order valence-corrected chi connectivity index (χ2v) is 6.31. The molecule has 3 N–H and O–H groups in total. The number of anilines is 2. The fraction of sp³-hybridized carbons (Fsp3) is 0.500. The van der Waals surface area contributed by atoms with Crippen LogP contribution in [0, 0.1) is 13.8 Å². The lowest BCUT2D eigenvalue weighted by Crippen LogP contribution is -2.11. The second-order valence-electron chi connectivity index (χ2n) is 5.25. The van der Waals surface area contributed by atoms with E-state index in [2.05, 4.69) is 25.6 Å². The third-order valence-electron chi connectivity index (χ3n) is 3.48. The van der Waals surface area contributed by atoms with Gasteiger partial charge in [-0.25, -0.2) is 15.0 Å². The lowest BCUT2D eigenvalue weighted by Gasteiger charge is -2.11. The molecule has 0 aliphatic heterocycles. The van der Waals surface area contributed by atoms with E-state index in [1.54, 1.807) is 11.3 Å². The fourth-order valence-electron chi connectivity index (χ4n) is 2.08. The molecule has 1 aliphatic rings. The van der Waals surface area contributed by atoms with Crippen molar-refractivity contribution in [3.05, 3.63) is 27.5 Å². The van der Waals surface area contributed by atoms with Crippen LogP contribution in [-0.2, 0) is 6.42 Å². The van der Waals surface area contributed by atoms with Gasteiger partial charge in [-0.3, -0.25) is 0 Å². The molecule has 1 aliphatic carbocycles. The third kappa shape index (κ3) is 2.90. The molecule has 6 heteroatoms. The predicted octanol–water partition coefficient (Wildman–Crippen LogP) is 2.66. The van der Waals surface area contributed by atoms with Gasteiger partial charge >= 0.3 is 0 Å². The first-order valence-corrected chi connectivity index (χ1v) is 7.80. The zero-order valence-electron chi connectivity index (χ0n) is 11.8. The Balaban J connectivity index is 1.67. The van der Waals surface area contributed by atoms with E-state index in [-0.39, 0.29) is 0 Å². The molecule has 2 aromatic heterocycles. The molecule has 0 aromatic carbocycles. The van der Waals surface area contributed by atoms with Crippen LogP contribution in [0.4, 0.5) is 11.6 Å². The maximum atomic E-state index is 5.97. The van der Waals surface area contributed by atoms with Crippen molar-refractivity contribution in [2.45, 2.75) is 39.0 Å². The Labute approximate surface area is 122 Å². The van der Waals surface area contributed by atoms with Crippen molar-refractivity contribution in [3.63, 3.8) is 0 Å². The Morgan fingerprint density at radius 3 is 2.75 bits per heavy atom. The second kappa shape index (κ2) is 5.36. The van der Waals surface area contributed by atoms with E-state index in [9.17, 15) is 0 Å². The van der Waals surface area contributed by atoms with Gasteiger partial charge in [0.1, 0.15) is 17.5 Å². The monoisotopic (exact) mass is 289 g/mol. The van der Waals surface area contributed by atoms with E-state index in [0.717, 1.165) is 40.9 Å². The largest absolute Gasteiger partial charge is 0.383 e. The number of hydrogen-bond donors (Lipinski definition) is 2. The molecular weight excluding hydrogens is 270 g/mol. The summed E-state index contributed by atoms with van der Waals surface area (Å²) in [6, 6.07) is 0. The van der Waals surface area contributed by atoms with Gasteiger partial charge in [0.2, 0.25) is 0 Å². The van der Waals surface area contributed by atoms with Gasteiger partial charge in [0.25, 0.3) is 0 Å². The van der Waals surface area contributed by atoms with Gasteiger partial charge in [-0.2, -0.15) is 0 Å². The van der Waals surface area contributed by atoms with Crippen molar-refractivity contribution < 1.29 is 0 Å². The topological polar surface area (TPSA) is 76.7 Å². The van der Waals surface area contributed by atoms with Crippen LogP contribution in [0.15, 0.2) is 5.38 Å². The molecule has 5 nitrogen and oxygen atoms in total. The summed E-state index contributed by atoms with van der Waals surface area (Å²) in [5, 5.41) is 6.58. The first-order chi connectivity index (χ1) is 9.63. The maximum Gasteiger partial charge on any atom is 0.136 e. The van der Waals surface area contributed by atoms with E-state index < -0.39 is 0 Å². The molecule has 2 heterocycles. The minimum Gasteiger partial charge on any atom is -0.383 e. The third-order valence-corrected chi connectivity index (χ3v) is 4.31. The van der Waals surface area contributed by atoms with Gasteiger partial charge in [0.05, 0.1) is 10.7 Å². The van der Waals surface area contributed by atoms with Crippen molar-refractivity contribution in [1.82, 2.24) is 15.0 Å². The maximum absolute atomic E-state index is 5.97. The van der Waals surface area contributed by atoms with Gasteiger partial charge in [0, 0.05) is 29.8 Å². The number of nitrogens with two attached hydrogens (primary N) is 1. The van der Waals surface area contributed by atoms with Gasteiger partial charge in [-0.15, -0.1) is 11.3 Å². The van der Waals surface area contributed by atoms with Crippen LogP contribution < -0.4 is 11.1 Å². The summed E-state index contributed by atoms with van der Waals surface area (Å²) in [6.07, 6.45) is 3.26. The average molecular weight is 289 g/mol. The van der Waals surface area contributed by atoms with Crippen LogP contribution in [-0.4, -0.2) is 21.5 Å². The molecule has 0 spiro atoms. The summed E-state index contributed by atoms with van der Waals surface area (Å²) in [5.74, 6) is 2.86. The molecule has 20 heavy (non-hydrogen) atoms. The highest BCUT2D eigenvalue weighted by Crippen LogP contribution is 2.39. The number of nitrogens with one attached hydrogen (secondary N) is 1. The summed E-state index contributed by atoms with van der Waals surface area (Å²) in [4.78, 5) is 13.5. The zero-order chi connectivity index (χ0) is 14.1. The molecular formula is C14H19N5S. The summed E-state index contributed by atoms with van der Waals surface area (Å²) < 4.78 is 0. The first kappa shape index (κ1) is 13.3. The van der Waals surface area contributed by atoms with Crippen LogP contribution in [0.3, 0.4) is 0 Å². The standard InChI is InChI=1S/C14H19N5S/c1-8-12(15)18-14(10-3-4-10)19-13(8)16-6-5-11-7-20-9(2)17-11/h7,10H,3-6H2,1-2H3,(H3,15,16,18,19). The predicted molar refractivity (Wildman–Crippen MR) is 82.2 cm³/mol. The van der Waals surface area contributed by atoms with Crippen molar-refractivity contribution in [2.75, 3.05) is 17.6 Å². The number of thiazole rings is 1. The zero-order valence-corrected chi connectivity index (χ0v) is 12.6. The number of aromatic nitrogens is 3. The van der Waals surface area contributed by atoms with Crippen LogP contribution in [0.2, 0.25) is 0 Å². The van der Waals surface area contributed by atoms with Crippen LogP contribution >= 0.6 is 11.3 Å². The molecule has 2 aromatic rings. The Bertz CT molecular complexity index is 618. The Hall–Kier alpha value is -1.69. The minimum atomic E-state index is 0.514. The highest BCUT2D eigenvalue weighted by atomic mass is 32.1. The molecule has 1 fully saturated rings. The summed E-state index contributed by atoms with van der Waals surface area (Å²) in [6.45, 7) is 4.80. The summed E-state index contributed by atoms with van der Waals surface area (Å²) in [7, 11) is 0. The number of aryl methyl sites for hydroxylation is 1. The van der Waals surface area contributed by atoms with Crippen molar-refractivity contribution in [3.8, 4) is 0 Å². The molecule has 0 amide bonds. The number of rotatable bonds is 5. The molecule has 1 saturated carbocycles. The fourth-order valence-corrected chi connectivity index (χ4v) is 2.73. The first-order valence-electron chi connectivity index (χ1n) is 6.92. The van der Waals surface area contributed by atoms with E-state index >= 15 is 0 Å². The molecule has 0 saturated heterocycles. The molecule has 0 radical (unpaired) electrons. The Kier molecular flexibility index (Phi) is 3.56. The van der Waals surface area contributed by atoms with Crippen molar-refractivity contribution in [1.29, 1.82) is 0 Å². The van der Waals surface area contributed by atoms with E-state index in [1.165, 1.54) is 12.8 Å². The highest BCUT2D eigenvalue weighted by Gasteiger charge is 2.27. The van der Waals surface area contributed by atoms with Gasteiger partial charge in [0.15, 0.2) is 0 Å². The summed E-state index contributed by atoms with van der Waals surface area (Å²) in [5.41, 5.74) is 8.03. The van der Waals surface area contributed by atoms with E-state index in [1.807, 2.05) is 13.8 Å². The van der Waals surface area contributed by atoms with Crippen molar-refractivity contribution >= 4 is 23.0 Å². The van der Waals surface area contributed by atoms with Gasteiger partial charge in [-0.1, -0.05) is 0 Å². The lowest BCUT2D eigenvalue weighted by molar-refractivity contribution is 0.904. The van der Waals surface area contributed by atoms with Crippen LogP contribution in [0.25, 0.3) is 0 Å². The minimum absolute atomic E-state index is 0.514. The molecule has 0 atom stereocenters. The number of nitrogen functional groups attached to an aromatic ring is 1. The molecule has 106 valence electrons. The highest BCUT2D eigenvalue weighted by molar-refractivity contribution is 7.09. The average Bonchev–Trinajstić information content (AvgIpc) is 3.18. The lowest BCUT2D eigenvalue weighted by atomic mass is 10.2. The normalized spacial score (nSPS) is 14.5. The Morgan fingerprint density at radius 1 is 1.30 bits per heavy atom. The van der Waals surface area contributed by atoms with Crippen LogP contribution in [0.5, 0.6) is 0 Å². The van der Waals surface area contributed by atoms with Crippen LogP contribution in [0.1, 0.15) is 40.8 Å². The Morgan fingerprint density at radius 2 is 2.10 bits per heavy atom. The van der Waals surface area contributed by atoms with Crippen molar-refractivity contribution in [2.24, 2.45) is 0 Å². The summed E-state index contributed by atoms with van der Waals surface area (Å²) >= 11 is 1.69. The smallest absolute Gasteiger partial charge is 0.136 e. The molecule has 3 rings (SSSR count). The number of hydrogen-bond acceptors (Lipinski definition) is 6. The number of nitrogens with zero attached hydrogens (tertiary/aromatic N) is 3. The SMILES string of the molecule is Cc1nc(CCNc2nc(C3CC3)nc(N)c2C)cs1. The van der Waals surface area contributed by atoms with Gasteiger partial charge in [-0.05, 0) is 26.7 Å². The van der Waals surface area contributed by atoms with E-state index in [0.29, 0.717) is 11.7 Å².